The Morgan fingerprint density at radius 1 is 0.974 bits per heavy atom. The Labute approximate surface area is 226 Å². The van der Waals surface area contributed by atoms with Gasteiger partial charge < -0.3 is 14.5 Å². The number of hydrogen-bond donors (Lipinski definition) is 1. The Morgan fingerprint density at radius 3 is 2.18 bits per heavy atom. The SMILES string of the molecule is COc1ccc([C@@H](C(=O)NC2CCCC2)N(C(=O)c2oc(C(C)(C)C)cc2C)c2ccc(C)cc2C)cc1. The van der Waals surface area contributed by atoms with Crippen LogP contribution in [0.5, 0.6) is 5.75 Å². The van der Waals surface area contributed by atoms with Gasteiger partial charge in [0.2, 0.25) is 5.91 Å². The Morgan fingerprint density at radius 2 is 1.63 bits per heavy atom. The van der Waals surface area contributed by atoms with Crippen molar-refractivity contribution in [1.29, 1.82) is 0 Å². The monoisotopic (exact) mass is 516 g/mol. The number of rotatable bonds is 7. The number of methoxy groups -OCH3 is 1. The van der Waals surface area contributed by atoms with Gasteiger partial charge in [-0.2, -0.15) is 0 Å². The van der Waals surface area contributed by atoms with Gasteiger partial charge in [-0.25, -0.2) is 0 Å². The highest BCUT2D eigenvalue weighted by molar-refractivity contribution is 6.09. The van der Waals surface area contributed by atoms with Crippen molar-refractivity contribution in [3.63, 3.8) is 0 Å². The molecule has 38 heavy (non-hydrogen) atoms. The third-order valence-electron chi connectivity index (χ3n) is 7.32. The number of carbonyl (C=O) groups excluding carboxylic acids is 2. The summed E-state index contributed by atoms with van der Waals surface area (Å²) in [5, 5.41) is 3.24. The summed E-state index contributed by atoms with van der Waals surface area (Å²) >= 11 is 0. The molecule has 1 N–H and O–H groups in total. The zero-order chi connectivity index (χ0) is 27.6. The molecule has 3 aromatic rings. The Bertz CT molecular complexity index is 1290. The van der Waals surface area contributed by atoms with Gasteiger partial charge in [0.1, 0.15) is 17.6 Å². The van der Waals surface area contributed by atoms with Crippen LogP contribution in [0.15, 0.2) is 52.9 Å². The molecule has 1 aromatic heterocycles. The zero-order valence-electron chi connectivity index (χ0n) is 23.7. The lowest BCUT2D eigenvalue weighted by Crippen LogP contribution is -2.46. The number of benzene rings is 2. The Hall–Kier alpha value is -3.54. The predicted molar refractivity (Wildman–Crippen MR) is 151 cm³/mol. The van der Waals surface area contributed by atoms with Crippen LogP contribution in [0.3, 0.4) is 0 Å². The summed E-state index contributed by atoms with van der Waals surface area (Å²) in [6.07, 6.45) is 4.09. The van der Waals surface area contributed by atoms with Crippen LogP contribution in [0, 0.1) is 20.8 Å². The highest BCUT2D eigenvalue weighted by Gasteiger charge is 2.38. The maximum absolute atomic E-state index is 14.5. The normalized spacial score (nSPS) is 14.8. The molecule has 0 saturated heterocycles. The number of ether oxygens (including phenoxy) is 1. The second-order valence-electron chi connectivity index (χ2n) is 11.5. The first-order valence-electron chi connectivity index (χ1n) is 13.5. The van der Waals surface area contributed by atoms with Gasteiger partial charge in [0.15, 0.2) is 5.76 Å². The largest absolute Gasteiger partial charge is 0.497 e. The fourth-order valence-corrected chi connectivity index (χ4v) is 5.17. The van der Waals surface area contributed by atoms with Crippen LogP contribution in [0.2, 0.25) is 0 Å². The minimum absolute atomic E-state index is 0.108. The summed E-state index contributed by atoms with van der Waals surface area (Å²) in [4.78, 5) is 30.1. The molecule has 1 fully saturated rings. The summed E-state index contributed by atoms with van der Waals surface area (Å²) in [5.74, 6) is 1.13. The van der Waals surface area contributed by atoms with Crippen molar-refractivity contribution in [1.82, 2.24) is 5.32 Å². The molecule has 0 bridgehead atoms. The van der Waals surface area contributed by atoms with Crippen molar-refractivity contribution < 1.29 is 18.7 Å². The van der Waals surface area contributed by atoms with E-state index in [1.54, 1.807) is 12.0 Å². The summed E-state index contributed by atoms with van der Waals surface area (Å²) in [5.41, 5.74) is 3.86. The lowest BCUT2D eigenvalue weighted by Gasteiger charge is -2.33. The quantitative estimate of drug-likeness (QED) is 0.369. The second kappa shape index (κ2) is 11.1. The second-order valence-corrected chi connectivity index (χ2v) is 11.5. The molecule has 0 unspecified atom stereocenters. The van der Waals surface area contributed by atoms with Gasteiger partial charge in [-0.05, 0) is 69.0 Å². The first kappa shape index (κ1) is 27.5. The lowest BCUT2D eigenvalue weighted by molar-refractivity contribution is -0.123. The van der Waals surface area contributed by atoms with Crippen molar-refractivity contribution in [3.8, 4) is 5.75 Å². The van der Waals surface area contributed by atoms with E-state index in [9.17, 15) is 9.59 Å². The summed E-state index contributed by atoms with van der Waals surface area (Å²) in [6, 6.07) is 14.4. The number of furan rings is 1. The van der Waals surface area contributed by atoms with Crippen LogP contribution >= 0.6 is 0 Å². The zero-order valence-corrected chi connectivity index (χ0v) is 23.7. The molecule has 202 valence electrons. The predicted octanol–water partition coefficient (Wildman–Crippen LogP) is 6.96. The molecule has 6 nitrogen and oxygen atoms in total. The first-order valence-corrected chi connectivity index (χ1v) is 13.5. The molecule has 1 atom stereocenters. The van der Waals surface area contributed by atoms with E-state index in [1.807, 2.05) is 69.3 Å². The van der Waals surface area contributed by atoms with E-state index in [1.165, 1.54) is 0 Å². The van der Waals surface area contributed by atoms with E-state index in [-0.39, 0.29) is 29.0 Å². The highest BCUT2D eigenvalue weighted by Crippen LogP contribution is 2.36. The van der Waals surface area contributed by atoms with Crippen LogP contribution in [0.1, 0.15) is 91.1 Å². The van der Waals surface area contributed by atoms with E-state index < -0.39 is 6.04 Å². The van der Waals surface area contributed by atoms with Gasteiger partial charge in [-0.3, -0.25) is 14.5 Å². The fraction of sp³-hybridized carbons (Fsp3) is 0.438. The standard InChI is InChI=1S/C32H40N2O4/c1-20-12-17-26(21(2)18-20)34(31(36)29-22(3)19-27(38-29)32(4,5)6)28(23-13-15-25(37-7)16-14-23)30(35)33-24-10-8-9-11-24/h12-19,24,28H,8-11H2,1-7H3,(H,33,35)/t28-/m0/s1. The van der Waals surface area contributed by atoms with Crippen molar-refractivity contribution in [2.24, 2.45) is 0 Å². The number of amides is 2. The van der Waals surface area contributed by atoms with E-state index >= 15 is 0 Å². The van der Waals surface area contributed by atoms with Crippen molar-refractivity contribution in [3.05, 3.63) is 82.3 Å². The van der Waals surface area contributed by atoms with Crippen LogP contribution in [0.4, 0.5) is 5.69 Å². The van der Waals surface area contributed by atoms with Gasteiger partial charge in [0, 0.05) is 22.7 Å². The molecule has 1 aliphatic rings. The van der Waals surface area contributed by atoms with Crippen molar-refractivity contribution in [2.75, 3.05) is 12.0 Å². The molecule has 0 aliphatic heterocycles. The van der Waals surface area contributed by atoms with Gasteiger partial charge in [0.05, 0.1) is 7.11 Å². The average molecular weight is 517 g/mol. The van der Waals surface area contributed by atoms with Gasteiger partial charge in [-0.15, -0.1) is 0 Å². The molecule has 0 radical (unpaired) electrons. The maximum Gasteiger partial charge on any atom is 0.295 e. The highest BCUT2D eigenvalue weighted by atomic mass is 16.5. The van der Waals surface area contributed by atoms with Gasteiger partial charge in [0.25, 0.3) is 5.91 Å². The molecular formula is C32H40N2O4. The first-order chi connectivity index (χ1) is 18.0. The lowest BCUT2D eigenvalue weighted by atomic mass is 9.93. The average Bonchev–Trinajstić information content (AvgIpc) is 3.52. The molecule has 2 amide bonds. The topological polar surface area (TPSA) is 71.8 Å². The molecule has 4 rings (SSSR count). The van der Waals surface area contributed by atoms with Gasteiger partial charge >= 0.3 is 0 Å². The van der Waals surface area contributed by atoms with Crippen LogP contribution in [0.25, 0.3) is 0 Å². The third kappa shape index (κ3) is 5.79. The number of anilines is 1. The number of carbonyl (C=O) groups is 2. The molecular weight excluding hydrogens is 476 g/mol. The number of hydrogen-bond acceptors (Lipinski definition) is 4. The van der Waals surface area contributed by atoms with E-state index in [0.717, 1.165) is 48.1 Å². The summed E-state index contributed by atoms with van der Waals surface area (Å²) < 4.78 is 11.6. The minimum atomic E-state index is -0.891. The molecule has 2 aromatic carbocycles. The summed E-state index contributed by atoms with van der Waals surface area (Å²) in [6.45, 7) is 12.0. The van der Waals surface area contributed by atoms with Crippen LogP contribution in [-0.4, -0.2) is 25.0 Å². The Kier molecular flexibility index (Phi) is 8.00. The van der Waals surface area contributed by atoms with E-state index in [2.05, 4.69) is 26.1 Å². The van der Waals surface area contributed by atoms with Crippen LogP contribution < -0.4 is 15.0 Å². The molecule has 0 spiro atoms. The Balaban J connectivity index is 1.88. The fourth-order valence-electron chi connectivity index (χ4n) is 5.17. The maximum atomic E-state index is 14.5. The number of aryl methyl sites for hydroxylation is 3. The molecule has 1 heterocycles. The molecule has 1 saturated carbocycles. The van der Waals surface area contributed by atoms with Gasteiger partial charge in [-0.1, -0.05) is 63.4 Å². The molecule has 1 aliphatic carbocycles. The molecule has 6 heteroatoms. The van der Waals surface area contributed by atoms with E-state index in [4.69, 9.17) is 9.15 Å². The third-order valence-corrected chi connectivity index (χ3v) is 7.32. The van der Waals surface area contributed by atoms with Crippen molar-refractivity contribution >= 4 is 17.5 Å². The minimum Gasteiger partial charge on any atom is -0.497 e. The van der Waals surface area contributed by atoms with E-state index in [0.29, 0.717) is 17.0 Å². The van der Waals surface area contributed by atoms with Crippen molar-refractivity contribution in [2.45, 2.75) is 84.7 Å². The van der Waals surface area contributed by atoms with Crippen LogP contribution in [-0.2, 0) is 10.2 Å². The smallest absolute Gasteiger partial charge is 0.295 e. The number of nitrogens with zero attached hydrogens (tertiary/aromatic N) is 1. The summed E-state index contributed by atoms with van der Waals surface area (Å²) in [7, 11) is 1.61. The number of nitrogens with one attached hydrogen (secondary N) is 1.